The lowest BCUT2D eigenvalue weighted by atomic mass is 9.95. The summed E-state index contributed by atoms with van der Waals surface area (Å²) in [6.45, 7) is 4.08. The zero-order valence-electron chi connectivity index (χ0n) is 8.71. The van der Waals surface area contributed by atoms with Crippen LogP contribution in [0, 0.1) is 0 Å². The van der Waals surface area contributed by atoms with Crippen LogP contribution >= 0.6 is 0 Å². The minimum absolute atomic E-state index is 0.584. The average Bonchev–Trinajstić information content (AvgIpc) is 2.06. The molecule has 1 rings (SSSR count). The molecule has 0 heterocycles. The summed E-state index contributed by atoms with van der Waals surface area (Å²) in [6.07, 6.45) is 11.6. The summed E-state index contributed by atoms with van der Waals surface area (Å²) in [7, 11) is 0. The number of rotatable bonds is 0. The molecule has 0 amide bonds. The van der Waals surface area contributed by atoms with Crippen molar-refractivity contribution >= 4 is 0 Å². The van der Waals surface area contributed by atoms with Gasteiger partial charge in [0, 0.05) is 0 Å². The molecule has 0 saturated carbocycles. The Morgan fingerprint density at radius 3 is 2.92 bits per heavy atom. The van der Waals surface area contributed by atoms with Gasteiger partial charge in [0.05, 0.1) is 5.60 Å². The van der Waals surface area contributed by atoms with Gasteiger partial charge in [-0.2, -0.15) is 0 Å². The predicted octanol–water partition coefficient (Wildman–Crippen LogP) is 3.20. The summed E-state index contributed by atoms with van der Waals surface area (Å²) in [4.78, 5) is 0. The highest BCUT2D eigenvalue weighted by molar-refractivity contribution is 5.05. The Balaban J connectivity index is 2.55. The summed E-state index contributed by atoms with van der Waals surface area (Å²) in [6, 6.07) is 0. The van der Waals surface area contributed by atoms with E-state index in [-0.39, 0.29) is 0 Å². The third-order valence-electron chi connectivity index (χ3n) is 2.56. The first-order chi connectivity index (χ1) is 6.10. The fourth-order valence-electron chi connectivity index (χ4n) is 1.64. The van der Waals surface area contributed by atoms with Gasteiger partial charge in [-0.3, -0.25) is 0 Å². The maximum atomic E-state index is 9.85. The Labute approximate surface area is 81.2 Å². The van der Waals surface area contributed by atoms with E-state index in [9.17, 15) is 5.11 Å². The second kappa shape index (κ2) is 4.61. The van der Waals surface area contributed by atoms with Gasteiger partial charge in [0.25, 0.3) is 0 Å². The Hall–Kier alpha value is -0.560. The van der Waals surface area contributed by atoms with Crippen molar-refractivity contribution < 1.29 is 5.11 Å². The van der Waals surface area contributed by atoms with Crippen LogP contribution in [0.15, 0.2) is 23.8 Å². The Bertz CT molecular complexity index is 211. The molecule has 74 valence electrons. The number of hydrogen-bond acceptors (Lipinski definition) is 1. The minimum atomic E-state index is -0.584. The molecule has 0 saturated heterocycles. The van der Waals surface area contributed by atoms with Crippen molar-refractivity contribution in [1.82, 2.24) is 0 Å². The van der Waals surface area contributed by atoms with Gasteiger partial charge in [0.2, 0.25) is 0 Å². The van der Waals surface area contributed by atoms with E-state index in [0.717, 1.165) is 32.1 Å². The van der Waals surface area contributed by atoms with E-state index in [0.29, 0.717) is 0 Å². The van der Waals surface area contributed by atoms with Gasteiger partial charge in [-0.05, 0) is 46.0 Å². The van der Waals surface area contributed by atoms with Gasteiger partial charge in [-0.1, -0.05) is 23.8 Å². The zero-order chi connectivity index (χ0) is 9.73. The third kappa shape index (κ3) is 4.28. The topological polar surface area (TPSA) is 20.2 Å². The highest BCUT2D eigenvalue weighted by atomic mass is 16.3. The number of hydrogen-bond donors (Lipinski definition) is 1. The molecule has 1 aliphatic rings. The van der Waals surface area contributed by atoms with E-state index in [1.165, 1.54) is 5.57 Å². The molecule has 0 aromatic rings. The predicted molar refractivity (Wildman–Crippen MR) is 56.6 cm³/mol. The fourth-order valence-corrected chi connectivity index (χ4v) is 1.64. The molecule has 1 atom stereocenters. The van der Waals surface area contributed by atoms with Gasteiger partial charge in [-0.15, -0.1) is 0 Å². The first kappa shape index (κ1) is 10.5. The summed E-state index contributed by atoms with van der Waals surface area (Å²) in [5.41, 5.74) is 0.894. The van der Waals surface area contributed by atoms with Crippen LogP contribution < -0.4 is 0 Å². The summed E-state index contributed by atoms with van der Waals surface area (Å²) < 4.78 is 0. The Kier molecular flexibility index (Phi) is 3.73. The smallest absolute Gasteiger partial charge is 0.0799 e. The second-order valence-corrected chi connectivity index (χ2v) is 4.24. The van der Waals surface area contributed by atoms with Gasteiger partial charge in [-0.25, -0.2) is 0 Å². The molecule has 1 unspecified atom stereocenters. The van der Waals surface area contributed by atoms with E-state index in [1.54, 1.807) is 0 Å². The maximum absolute atomic E-state index is 9.85. The van der Waals surface area contributed by atoms with Crippen LogP contribution in [0.3, 0.4) is 0 Å². The lowest BCUT2D eigenvalue weighted by Gasteiger charge is -2.19. The van der Waals surface area contributed by atoms with Crippen molar-refractivity contribution in [3.63, 3.8) is 0 Å². The molecule has 0 aromatic heterocycles. The van der Waals surface area contributed by atoms with Crippen LogP contribution in [0.25, 0.3) is 0 Å². The largest absolute Gasteiger partial charge is 0.386 e. The van der Waals surface area contributed by atoms with Gasteiger partial charge in [0.15, 0.2) is 0 Å². The van der Waals surface area contributed by atoms with Crippen molar-refractivity contribution in [3.8, 4) is 0 Å². The van der Waals surface area contributed by atoms with E-state index in [2.05, 4.69) is 19.1 Å². The SMILES string of the molecule is C/C1=C\CCCC(C)(O)/C=C/CC1. The fraction of sp³-hybridized carbons (Fsp3) is 0.667. The van der Waals surface area contributed by atoms with Gasteiger partial charge < -0.3 is 5.11 Å². The van der Waals surface area contributed by atoms with Crippen LogP contribution in [0.1, 0.15) is 46.0 Å². The number of aliphatic hydroxyl groups is 1. The zero-order valence-corrected chi connectivity index (χ0v) is 8.71. The van der Waals surface area contributed by atoms with Crippen LogP contribution in [0.4, 0.5) is 0 Å². The molecule has 1 heteroatoms. The highest BCUT2D eigenvalue weighted by Crippen LogP contribution is 2.19. The Morgan fingerprint density at radius 1 is 1.38 bits per heavy atom. The van der Waals surface area contributed by atoms with Crippen LogP contribution in [-0.2, 0) is 0 Å². The average molecular weight is 180 g/mol. The molecule has 1 N–H and O–H groups in total. The molecule has 1 nitrogen and oxygen atoms in total. The van der Waals surface area contributed by atoms with Crippen LogP contribution in [0.2, 0.25) is 0 Å². The summed E-state index contributed by atoms with van der Waals surface area (Å²) >= 11 is 0. The molecule has 0 bridgehead atoms. The Morgan fingerprint density at radius 2 is 2.15 bits per heavy atom. The second-order valence-electron chi connectivity index (χ2n) is 4.24. The lowest BCUT2D eigenvalue weighted by Crippen LogP contribution is -2.20. The van der Waals surface area contributed by atoms with Crippen molar-refractivity contribution in [1.29, 1.82) is 0 Å². The van der Waals surface area contributed by atoms with Crippen molar-refractivity contribution in [3.05, 3.63) is 23.8 Å². The van der Waals surface area contributed by atoms with Crippen molar-refractivity contribution in [2.24, 2.45) is 0 Å². The molecule has 1 aliphatic carbocycles. The van der Waals surface area contributed by atoms with E-state index >= 15 is 0 Å². The van der Waals surface area contributed by atoms with Crippen molar-refractivity contribution in [2.45, 2.75) is 51.6 Å². The van der Waals surface area contributed by atoms with Crippen LogP contribution in [0.5, 0.6) is 0 Å². The molecule has 0 aliphatic heterocycles. The van der Waals surface area contributed by atoms with Crippen molar-refractivity contribution in [2.75, 3.05) is 0 Å². The third-order valence-corrected chi connectivity index (χ3v) is 2.56. The van der Waals surface area contributed by atoms with E-state index in [1.807, 2.05) is 13.0 Å². The minimum Gasteiger partial charge on any atom is -0.386 e. The van der Waals surface area contributed by atoms with Crippen LogP contribution in [-0.4, -0.2) is 10.7 Å². The molecule has 0 spiro atoms. The molecular formula is C12H20O. The maximum Gasteiger partial charge on any atom is 0.0799 e. The highest BCUT2D eigenvalue weighted by Gasteiger charge is 2.14. The molecular weight excluding hydrogens is 160 g/mol. The quantitative estimate of drug-likeness (QED) is 0.567. The number of allylic oxidation sites excluding steroid dienone is 3. The molecule has 0 fully saturated rings. The summed E-state index contributed by atoms with van der Waals surface area (Å²) in [5, 5.41) is 9.85. The molecule has 0 radical (unpaired) electrons. The van der Waals surface area contributed by atoms with Gasteiger partial charge in [0.1, 0.15) is 0 Å². The first-order valence-corrected chi connectivity index (χ1v) is 5.16. The molecule has 13 heavy (non-hydrogen) atoms. The first-order valence-electron chi connectivity index (χ1n) is 5.16. The van der Waals surface area contributed by atoms with E-state index < -0.39 is 5.60 Å². The standard InChI is InChI=1S/C12H20O/c1-11-7-3-5-9-12(2,13)10-6-4-8-11/h5,8-9,13H,3-4,6-7,10H2,1-2H3/b9-5+,11-8+. The molecule has 0 aromatic carbocycles. The monoisotopic (exact) mass is 180 g/mol. The lowest BCUT2D eigenvalue weighted by molar-refractivity contribution is 0.0993. The normalized spacial score (nSPS) is 37.6. The van der Waals surface area contributed by atoms with Gasteiger partial charge >= 0.3 is 0 Å². The van der Waals surface area contributed by atoms with E-state index in [4.69, 9.17) is 0 Å². The summed E-state index contributed by atoms with van der Waals surface area (Å²) in [5.74, 6) is 0.